The average molecular weight is 209 g/mol. The summed E-state index contributed by atoms with van der Waals surface area (Å²) in [5, 5.41) is 12.9. The molecule has 0 bridgehead atoms. The van der Waals surface area contributed by atoms with Gasteiger partial charge in [-0.15, -0.1) is 0 Å². The highest BCUT2D eigenvalue weighted by atomic mass is 16.5. The molecule has 1 aliphatic carbocycles. The van der Waals surface area contributed by atoms with E-state index in [-0.39, 0.29) is 6.61 Å². The van der Waals surface area contributed by atoms with Crippen molar-refractivity contribution in [1.29, 1.82) is 0 Å². The molecule has 1 fully saturated rings. The van der Waals surface area contributed by atoms with Crippen LogP contribution in [0.1, 0.15) is 50.0 Å². The van der Waals surface area contributed by atoms with E-state index in [2.05, 4.69) is 12.1 Å². The van der Waals surface area contributed by atoms with Gasteiger partial charge in [-0.3, -0.25) is 0 Å². The van der Waals surface area contributed by atoms with Crippen LogP contribution in [0.25, 0.3) is 0 Å². The summed E-state index contributed by atoms with van der Waals surface area (Å²) in [7, 11) is 0. The topological polar surface area (TPSA) is 46.3 Å². The van der Waals surface area contributed by atoms with Crippen molar-refractivity contribution in [3.8, 4) is 0 Å². The first-order chi connectivity index (χ1) is 7.29. The molecular formula is C12H19NO2. The first kappa shape index (κ1) is 10.7. The molecule has 2 rings (SSSR count). The predicted octanol–water partition coefficient (Wildman–Crippen LogP) is 2.50. The standard InChI is InChI=1S/C12H19NO2/c1-9-2-4-10(5-3-9)12-8-11(6-7-14)15-13-12/h8-10,14H,2-7H2,1H3. The molecule has 0 aromatic carbocycles. The number of hydrogen-bond donors (Lipinski definition) is 1. The Morgan fingerprint density at radius 3 is 2.80 bits per heavy atom. The second-order valence-corrected chi connectivity index (χ2v) is 4.65. The zero-order chi connectivity index (χ0) is 10.7. The summed E-state index contributed by atoms with van der Waals surface area (Å²) in [6.45, 7) is 2.45. The summed E-state index contributed by atoms with van der Waals surface area (Å²) in [4.78, 5) is 0. The Morgan fingerprint density at radius 2 is 2.13 bits per heavy atom. The lowest BCUT2D eigenvalue weighted by Crippen LogP contribution is -2.10. The van der Waals surface area contributed by atoms with E-state index in [0.717, 1.165) is 17.4 Å². The van der Waals surface area contributed by atoms with E-state index in [1.165, 1.54) is 25.7 Å². The average Bonchev–Trinajstić information content (AvgIpc) is 2.68. The maximum Gasteiger partial charge on any atom is 0.139 e. The van der Waals surface area contributed by atoms with Crippen LogP contribution in [0.3, 0.4) is 0 Å². The molecule has 1 heterocycles. The summed E-state index contributed by atoms with van der Waals surface area (Å²) in [6.07, 6.45) is 5.63. The number of aliphatic hydroxyl groups is 1. The lowest BCUT2D eigenvalue weighted by molar-refractivity contribution is 0.274. The van der Waals surface area contributed by atoms with Gasteiger partial charge in [0.05, 0.1) is 12.3 Å². The Balaban J connectivity index is 1.96. The molecule has 0 unspecified atom stereocenters. The summed E-state index contributed by atoms with van der Waals surface area (Å²) >= 11 is 0. The molecule has 84 valence electrons. The van der Waals surface area contributed by atoms with Crippen molar-refractivity contribution in [3.63, 3.8) is 0 Å². The van der Waals surface area contributed by atoms with Crippen LogP contribution in [-0.4, -0.2) is 16.9 Å². The van der Waals surface area contributed by atoms with Gasteiger partial charge >= 0.3 is 0 Å². The minimum atomic E-state index is 0.135. The van der Waals surface area contributed by atoms with Crippen molar-refractivity contribution in [2.45, 2.75) is 44.9 Å². The zero-order valence-corrected chi connectivity index (χ0v) is 9.28. The third kappa shape index (κ3) is 2.59. The summed E-state index contributed by atoms with van der Waals surface area (Å²) in [6, 6.07) is 2.01. The van der Waals surface area contributed by atoms with Crippen molar-refractivity contribution in [3.05, 3.63) is 17.5 Å². The third-order valence-electron chi connectivity index (χ3n) is 3.37. The van der Waals surface area contributed by atoms with Gasteiger partial charge < -0.3 is 9.63 Å². The molecule has 0 spiro atoms. The maximum atomic E-state index is 8.79. The second kappa shape index (κ2) is 4.79. The number of aliphatic hydroxyl groups excluding tert-OH is 1. The minimum Gasteiger partial charge on any atom is -0.396 e. The van der Waals surface area contributed by atoms with Crippen LogP contribution in [0.5, 0.6) is 0 Å². The fourth-order valence-electron chi connectivity index (χ4n) is 2.31. The smallest absolute Gasteiger partial charge is 0.139 e. The molecule has 0 atom stereocenters. The van der Waals surface area contributed by atoms with Crippen molar-refractivity contribution < 1.29 is 9.63 Å². The highest BCUT2D eigenvalue weighted by molar-refractivity contribution is 5.11. The van der Waals surface area contributed by atoms with Crippen LogP contribution in [0, 0.1) is 5.92 Å². The van der Waals surface area contributed by atoms with Gasteiger partial charge in [-0.25, -0.2) is 0 Å². The van der Waals surface area contributed by atoms with Gasteiger partial charge in [0.15, 0.2) is 0 Å². The molecule has 1 aromatic rings. The maximum absolute atomic E-state index is 8.79. The molecule has 3 nitrogen and oxygen atoms in total. The fraction of sp³-hybridized carbons (Fsp3) is 0.750. The normalized spacial score (nSPS) is 26.8. The van der Waals surface area contributed by atoms with Crippen LogP contribution in [0.15, 0.2) is 10.6 Å². The molecule has 15 heavy (non-hydrogen) atoms. The van der Waals surface area contributed by atoms with E-state index >= 15 is 0 Å². The Hall–Kier alpha value is -0.830. The van der Waals surface area contributed by atoms with Gasteiger partial charge in [0.1, 0.15) is 5.76 Å². The minimum absolute atomic E-state index is 0.135. The van der Waals surface area contributed by atoms with Crippen molar-refractivity contribution >= 4 is 0 Å². The Morgan fingerprint density at radius 1 is 1.40 bits per heavy atom. The third-order valence-corrected chi connectivity index (χ3v) is 3.37. The number of rotatable bonds is 3. The van der Waals surface area contributed by atoms with Gasteiger partial charge in [-0.2, -0.15) is 0 Å². The van der Waals surface area contributed by atoms with Crippen molar-refractivity contribution in [2.24, 2.45) is 5.92 Å². The fourth-order valence-corrected chi connectivity index (χ4v) is 2.31. The summed E-state index contributed by atoms with van der Waals surface area (Å²) in [5.74, 6) is 2.26. The number of aromatic nitrogens is 1. The lowest BCUT2D eigenvalue weighted by atomic mass is 9.81. The van der Waals surface area contributed by atoms with Gasteiger partial charge in [0, 0.05) is 18.4 Å². The van der Waals surface area contributed by atoms with E-state index < -0.39 is 0 Å². The van der Waals surface area contributed by atoms with Crippen molar-refractivity contribution in [2.75, 3.05) is 6.61 Å². The van der Waals surface area contributed by atoms with Gasteiger partial charge in [0.2, 0.25) is 0 Å². The van der Waals surface area contributed by atoms with Gasteiger partial charge in [-0.1, -0.05) is 24.9 Å². The highest BCUT2D eigenvalue weighted by Crippen LogP contribution is 2.35. The van der Waals surface area contributed by atoms with E-state index in [0.29, 0.717) is 12.3 Å². The summed E-state index contributed by atoms with van der Waals surface area (Å²) in [5.41, 5.74) is 1.09. The molecule has 0 saturated heterocycles. The quantitative estimate of drug-likeness (QED) is 0.832. The first-order valence-electron chi connectivity index (χ1n) is 5.86. The van der Waals surface area contributed by atoms with E-state index in [1.807, 2.05) is 6.07 Å². The first-order valence-corrected chi connectivity index (χ1v) is 5.86. The largest absolute Gasteiger partial charge is 0.396 e. The van der Waals surface area contributed by atoms with E-state index in [9.17, 15) is 0 Å². The van der Waals surface area contributed by atoms with Crippen LogP contribution >= 0.6 is 0 Å². The molecule has 0 amide bonds. The van der Waals surface area contributed by atoms with E-state index in [4.69, 9.17) is 9.63 Å². The van der Waals surface area contributed by atoms with Crippen LogP contribution < -0.4 is 0 Å². The molecular weight excluding hydrogens is 190 g/mol. The molecule has 0 aliphatic heterocycles. The SMILES string of the molecule is CC1CCC(c2cc(CCO)on2)CC1. The Bertz CT molecular complexity index is 300. The van der Waals surface area contributed by atoms with Crippen molar-refractivity contribution in [1.82, 2.24) is 5.16 Å². The second-order valence-electron chi connectivity index (χ2n) is 4.65. The van der Waals surface area contributed by atoms with Crippen LogP contribution in [0.4, 0.5) is 0 Å². The number of nitrogens with zero attached hydrogens (tertiary/aromatic N) is 1. The predicted molar refractivity (Wildman–Crippen MR) is 57.7 cm³/mol. The highest BCUT2D eigenvalue weighted by Gasteiger charge is 2.22. The Kier molecular flexibility index (Phi) is 3.41. The van der Waals surface area contributed by atoms with Gasteiger partial charge in [-0.05, 0) is 18.8 Å². The molecule has 1 aliphatic rings. The molecule has 1 aromatic heterocycles. The molecule has 0 radical (unpaired) electrons. The molecule has 1 saturated carbocycles. The molecule has 1 N–H and O–H groups in total. The molecule has 3 heteroatoms. The number of hydrogen-bond acceptors (Lipinski definition) is 3. The summed E-state index contributed by atoms with van der Waals surface area (Å²) < 4.78 is 5.18. The van der Waals surface area contributed by atoms with Crippen LogP contribution in [-0.2, 0) is 6.42 Å². The van der Waals surface area contributed by atoms with Crippen LogP contribution in [0.2, 0.25) is 0 Å². The van der Waals surface area contributed by atoms with E-state index in [1.54, 1.807) is 0 Å². The Labute approximate surface area is 90.5 Å². The lowest BCUT2D eigenvalue weighted by Gasteiger charge is -2.24. The zero-order valence-electron chi connectivity index (χ0n) is 9.28. The van der Waals surface area contributed by atoms with Gasteiger partial charge in [0.25, 0.3) is 0 Å². The monoisotopic (exact) mass is 209 g/mol.